The molecule has 0 radical (unpaired) electrons. The van der Waals surface area contributed by atoms with E-state index in [2.05, 4.69) is 21.7 Å². The SMILES string of the molecule is COc1ccc(NC(=O)CCC(=O)N2CCc3sccc3C2)c2cccnc12. The first kappa shape index (κ1) is 18.4. The highest BCUT2D eigenvalue weighted by Gasteiger charge is 2.22. The number of hydrogen-bond donors (Lipinski definition) is 1. The molecule has 1 aromatic carbocycles. The molecule has 3 heterocycles. The van der Waals surface area contributed by atoms with Crippen LogP contribution in [0.15, 0.2) is 41.9 Å². The number of thiophene rings is 1. The van der Waals surface area contributed by atoms with Crippen molar-refractivity contribution in [2.45, 2.75) is 25.8 Å². The first-order chi connectivity index (χ1) is 13.7. The van der Waals surface area contributed by atoms with Crippen molar-refractivity contribution in [3.63, 3.8) is 0 Å². The number of hydrogen-bond acceptors (Lipinski definition) is 5. The maximum Gasteiger partial charge on any atom is 0.224 e. The monoisotopic (exact) mass is 395 g/mol. The third-order valence-corrected chi connectivity index (χ3v) is 5.98. The van der Waals surface area contributed by atoms with Crippen molar-refractivity contribution in [3.8, 4) is 5.75 Å². The van der Waals surface area contributed by atoms with Crippen LogP contribution in [-0.2, 0) is 22.6 Å². The number of nitrogens with zero attached hydrogens (tertiary/aromatic N) is 2. The molecule has 1 N–H and O–H groups in total. The van der Waals surface area contributed by atoms with Crippen molar-refractivity contribution in [2.75, 3.05) is 19.0 Å². The Morgan fingerprint density at radius 1 is 1.25 bits per heavy atom. The van der Waals surface area contributed by atoms with Gasteiger partial charge in [0.05, 0.1) is 12.8 Å². The molecule has 0 atom stereocenters. The Labute approximate surface area is 167 Å². The van der Waals surface area contributed by atoms with Crippen molar-refractivity contribution in [3.05, 3.63) is 52.3 Å². The standard InChI is InChI=1S/C21H21N3O3S/c1-27-17-5-4-16(15-3-2-10-22-21(15)17)23-19(25)6-7-20(26)24-11-8-18-14(13-24)9-12-28-18/h2-5,9-10,12H,6-8,11,13H2,1H3,(H,23,25). The molecule has 7 heteroatoms. The summed E-state index contributed by atoms with van der Waals surface area (Å²) in [5, 5.41) is 5.78. The van der Waals surface area contributed by atoms with E-state index in [1.165, 1.54) is 10.4 Å². The number of rotatable bonds is 5. The summed E-state index contributed by atoms with van der Waals surface area (Å²) in [7, 11) is 1.59. The van der Waals surface area contributed by atoms with Crippen LogP contribution in [-0.4, -0.2) is 35.4 Å². The average molecular weight is 395 g/mol. The molecular weight excluding hydrogens is 374 g/mol. The summed E-state index contributed by atoms with van der Waals surface area (Å²) in [6.45, 7) is 1.37. The first-order valence-corrected chi connectivity index (χ1v) is 10.1. The highest BCUT2D eigenvalue weighted by molar-refractivity contribution is 7.10. The fraction of sp³-hybridized carbons (Fsp3) is 0.286. The molecule has 2 amide bonds. The molecule has 28 heavy (non-hydrogen) atoms. The summed E-state index contributed by atoms with van der Waals surface area (Å²) in [6.07, 6.45) is 2.94. The molecule has 0 bridgehead atoms. The summed E-state index contributed by atoms with van der Waals surface area (Å²) >= 11 is 1.75. The number of fused-ring (bicyclic) bond motifs is 2. The van der Waals surface area contributed by atoms with Crippen molar-refractivity contribution >= 4 is 39.7 Å². The molecule has 2 aromatic heterocycles. The normalized spacial score (nSPS) is 13.2. The van der Waals surface area contributed by atoms with Crippen molar-refractivity contribution in [1.82, 2.24) is 9.88 Å². The van der Waals surface area contributed by atoms with E-state index in [1.807, 2.05) is 17.0 Å². The number of aromatic nitrogens is 1. The highest BCUT2D eigenvalue weighted by atomic mass is 32.1. The second kappa shape index (κ2) is 7.98. The van der Waals surface area contributed by atoms with Gasteiger partial charge in [-0.1, -0.05) is 0 Å². The van der Waals surface area contributed by atoms with E-state index >= 15 is 0 Å². The van der Waals surface area contributed by atoms with Crippen molar-refractivity contribution in [1.29, 1.82) is 0 Å². The van der Waals surface area contributed by atoms with Crippen LogP contribution in [0.25, 0.3) is 10.9 Å². The Morgan fingerprint density at radius 2 is 2.14 bits per heavy atom. The fourth-order valence-corrected chi connectivity index (χ4v) is 4.36. The van der Waals surface area contributed by atoms with Crippen molar-refractivity contribution < 1.29 is 14.3 Å². The number of carbonyl (C=O) groups is 2. The van der Waals surface area contributed by atoms with Gasteiger partial charge in [0.15, 0.2) is 0 Å². The number of ether oxygens (including phenoxy) is 1. The smallest absolute Gasteiger partial charge is 0.224 e. The molecule has 1 aliphatic rings. The first-order valence-electron chi connectivity index (χ1n) is 9.20. The van der Waals surface area contributed by atoms with Crippen LogP contribution in [0.2, 0.25) is 0 Å². The summed E-state index contributed by atoms with van der Waals surface area (Å²) < 4.78 is 5.33. The molecule has 0 unspecified atom stereocenters. The lowest BCUT2D eigenvalue weighted by Crippen LogP contribution is -2.35. The molecule has 0 saturated heterocycles. The van der Waals surface area contributed by atoms with E-state index in [1.54, 1.807) is 36.8 Å². The second-order valence-corrected chi connectivity index (χ2v) is 7.70. The molecule has 144 valence electrons. The summed E-state index contributed by atoms with van der Waals surface area (Å²) in [5.74, 6) is 0.492. The number of carbonyl (C=O) groups excluding carboxylic acids is 2. The van der Waals surface area contributed by atoms with Gasteiger partial charge in [0.25, 0.3) is 0 Å². The van der Waals surface area contributed by atoms with Gasteiger partial charge in [0.2, 0.25) is 11.8 Å². The zero-order valence-electron chi connectivity index (χ0n) is 15.6. The molecule has 1 aliphatic heterocycles. The fourth-order valence-electron chi connectivity index (χ4n) is 3.47. The van der Waals surface area contributed by atoms with Crippen LogP contribution in [0.3, 0.4) is 0 Å². The third-order valence-electron chi connectivity index (χ3n) is 4.95. The molecule has 6 nitrogen and oxygen atoms in total. The van der Waals surface area contributed by atoms with Crippen molar-refractivity contribution in [2.24, 2.45) is 0 Å². The molecule has 0 saturated carbocycles. The van der Waals surface area contributed by atoms with Gasteiger partial charge in [-0.2, -0.15) is 0 Å². The zero-order valence-corrected chi connectivity index (χ0v) is 16.4. The van der Waals surface area contributed by atoms with Crippen LogP contribution >= 0.6 is 11.3 Å². The van der Waals surface area contributed by atoms with E-state index in [4.69, 9.17) is 4.74 Å². The van der Waals surface area contributed by atoms with Gasteiger partial charge in [0.1, 0.15) is 11.3 Å². The Morgan fingerprint density at radius 3 is 3.00 bits per heavy atom. The van der Waals surface area contributed by atoms with Crippen LogP contribution in [0.5, 0.6) is 5.75 Å². The number of benzene rings is 1. The molecule has 3 aromatic rings. The lowest BCUT2D eigenvalue weighted by atomic mass is 10.1. The van der Waals surface area contributed by atoms with Gasteiger partial charge in [0, 0.05) is 42.4 Å². The number of anilines is 1. The number of pyridine rings is 1. The van der Waals surface area contributed by atoms with Crippen LogP contribution in [0.4, 0.5) is 5.69 Å². The van der Waals surface area contributed by atoms with Crippen LogP contribution < -0.4 is 10.1 Å². The second-order valence-electron chi connectivity index (χ2n) is 6.70. The minimum atomic E-state index is -0.183. The average Bonchev–Trinajstić information content (AvgIpc) is 3.20. The van der Waals surface area contributed by atoms with Crippen LogP contribution in [0.1, 0.15) is 23.3 Å². The number of methoxy groups -OCH3 is 1. The van der Waals surface area contributed by atoms with Gasteiger partial charge in [-0.25, -0.2) is 0 Å². The lowest BCUT2D eigenvalue weighted by Gasteiger charge is -2.27. The van der Waals surface area contributed by atoms with Gasteiger partial charge in [-0.3, -0.25) is 14.6 Å². The van der Waals surface area contributed by atoms with Gasteiger partial charge < -0.3 is 15.0 Å². The van der Waals surface area contributed by atoms with E-state index in [0.29, 0.717) is 23.5 Å². The largest absolute Gasteiger partial charge is 0.494 e. The third kappa shape index (κ3) is 3.71. The Hall–Kier alpha value is -2.93. The van der Waals surface area contributed by atoms with E-state index in [9.17, 15) is 9.59 Å². The highest BCUT2D eigenvalue weighted by Crippen LogP contribution is 2.30. The topological polar surface area (TPSA) is 71.5 Å². The minimum absolute atomic E-state index is 0.0215. The van der Waals surface area contributed by atoms with Gasteiger partial charge in [-0.15, -0.1) is 11.3 Å². The Kier molecular flexibility index (Phi) is 5.25. The van der Waals surface area contributed by atoms with Gasteiger partial charge in [-0.05, 0) is 47.7 Å². The minimum Gasteiger partial charge on any atom is -0.494 e. The summed E-state index contributed by atoms with van der Waals surface area (Å²) in [6, 6.07) is 9.36. The molecule has 0 fully saturated rings. The van der Waals surface area contributed by atoms with Gasteiger partial charge >= 0.3 is 0 Å². The molecule has 4 rings (SSSR count). The number of nitrogens with one attached hydrogen (secondary N) is 1. The predicted octanol–water partition coefficient (Wildman–Crippen LogP) is 3.61. The summed E-state index contributed by atoms with van der Waals surface area (Å²) in [5.41, 5.74) is 2.59. The van der Waals surface area contributed by atoms with E-state index in [-0.39, 0.29) is 24.7 Å². The molecule has 0 spiro atoms. The molecule has 0 aliphatic carbocycles. The number of amides is 2. The zero-order chi connectivity index (χ0) is 19.5. The van der Waals surface area contributed by atoms with E-state index in [0.717, 1.165) is 18.4 Å². The quantitative estimate of drug-likeness (QED) is 0.716. The molecular formula is C21H21N3O3S. The maximum atomic E-state index is 12.5. The lowest BCUT2D eigenvalue weighted by molar-refractivity contribution is -0.133. The predicted molar refractivity (Wildman–Crippen MR) is 110 cm³/mol. The van der Waals surface area contributed by atoms with Crippen LogP contribution in [0, 0.1) is 0 Å². The maximum absolute atomic E-state index is 12.5. The Bertz CT molecular complexity index is 1030. The van der Waals surface area contributed by atoms with E-state index < -0.39 is 0 Å². The Balaban J connectivity index is 1.38. The summed E-state index contributed by atoms with van der Waals surface area (Å²) in [4.78, 5) is 32.5.